The lowest BCUT2D eigenvalue weighted by molar-refractivity contribution is -0.142. The van der Waals surface area contributed by atoms with E-state index >= 15 is 0 Å². The molecule has 0 radical (unpaired) electrons. The molecule has 1 aromatic carbocycles. The van der Waals surface area contributed by atoms with Crippen molar-refractivity contribution < 1.29 is 32.7 Å². The molecule has 0 spiro atoms. The van der Waals surface area contributed by atoms with E-state index in [1.54, 1.807) is 37.3 Å². The molecule has 13 heteroatoms. The molecule has 4 aromatic rings. The Hall–Kier alpha value is -4.10. The molecule has 0 amide bonds. The first-order valence-corrected chi connectivity index (χ1v) is 12.7. The molecular formula is C27H27F3N6O4. The lowest BCUT2D eigenvalue weighted by atomic mass is 9.94. The van der Waals surface area contributed by atoms with Crippen molar-refractivity contribution in [3.63, 3.8) is 0 Å². The number of aliphatic hydroxyl groups excluding tert-OH is 1. The molecule has 4 heterocycles. The number of aromatic nitrogens is 5. The van der Waals surface area contributed by atoms with E-state index in [-0.39, 0.29) is 35.4 Å². The third kappa shape index (κ3) is 6.05. The van der Waals surface area contributed by atoms with Crippen molar-refractivity contribution in [1.29, 1.82) is 0 Å². The Labute approximate surface area is 227 Å². The summed E-state index contributed by atoms with van der Waals surface area (Å²) in [6.45, 7) is 3.54. The molecule has 40 heavy (non-hydrogen) atoms. The maximum atomic E-state index is 14.1. The highest BCUT2D eigenvalue weighted by molar-refractivity contribution is 5.67. The molecule has 1 aliphatic rings. The van der Waals surface area contributed by atoms with Crippen LogP contribution in [0.4, 0.5) is 13.2 Å². The number of hydrogen-bond acceptors (Lipinski definition) is 8. The molecule has 1 fully saturated rings. The van der Waals surface area contributed by atoms with Crippen LogP contribution < -0.4 is 0 Å². The normalized spacial score (nSPS) is 17.2. The van der Waals surface area contributed by atoms with Gasteiger partial charge in [-0.15, -0.1) is 0 Å². The number of piperidine rings is 1. The molecule has 2 N–H and O–H groups in total. The summed E-state index contributed by atoms with van der Waals surface area (Å²) >= 11 is 0. The minimum absolute atomic E-state index is 0.0000183. The molecule has 1 aliphatic heterocycles. The number of halogens is 3. The van der Waals surface area contributed by atoms with E-state index in [9.17, 15) is 23.1 Å². The minimum Gasteiger partial charge on any atom is -0.481 e. The molecular weight excluding hydrogens is 529 g/mol. The number of aliphatic hydroxyl groups is 1. The van der Waals surface area contributed by atoms with Crippen LogP contribution in [0.5, 0.6) is 0 Å². The zero-order valence-corrected chi connectivity index (χ0v) is 21.5. The summed E-state index contributed by atoms with van der Waals surface area (Å²) in [4.78, 5) is 21.3. The summed E-state index contributed by atoms with van der Waals surface area (Å²) in [5, 5.41) is 27.5. The average molecular weight is 557 g/mol. The van der Waals surface area contributed by atoms with E-state index in [0.29, 0.717) is 28.9 Å². The van der Waals surface area contributed by atoms with E-state index in [1.165, 1.54) is 12.3 Å². The van der Waals surface area contributed by atoms with Crippen molar-refractivity contribution in [3.05, 3.63) is 65.6 Å². The van der Waals surface area contributed by atoms with Gasteiger partial charge in [0.05, 0.1) is 17.9 Å². The first-order chi connectivity index (χ1) is 19.1. The Kier molecular flexibility index (Phi) is 7.68. The third-order valence-corrected chi connectivity index (χ3v) is 6.86. The fourth-order valence-corrected chi connectivity index (χ4v) is 4.92. The quantitative estimate of drug-likeness (QED) is 0.321. The van der Waals surface area contributed by atoms with Crippen molar-refractivity contribution >= 4 is 5.97 Å². The van der Waals surface area contributed by atoms with Crippen molar-refractivity contribution in [1.82, 2.24) is 29.8 Å². The van der Waals surface area contributed by atoms with Gasteiger partial charge in [-0.05, 0) is 49.4 Å². The molecule has 2 atom stereocenters. The van der Waals surface area contributed by atoms with Gasteiger partial charge in [0.2, 0.25) is 5.82 Å². The van der Waals surface area contributed by atoms with E-state index in [2.05, 4.69) is 25.1 Å². The van der Waals surface area contributed by atoms with E-state index in [1.807, 2.05) is 0 Å². The summed E-state index contributed by atoms with van der Waals surface area (Å²) in [5.41, 5.74) is 0.468. The van der Waals surface area contributed by atoms with Crippen molar-refractivity contribution in [2.45, 2.75) is 38.5 Å². The molecule has 3 aromatic heterocycles. The minimum atomic E-state index is -4.77. The second-order valence-electron chi connectivity index (χ2n) is 9.94. The summed E-state index contributed by atoms with van der Waals surface area (Å²) in [6.07, 6.45) is -1.26. The SMILES string of the molecule is Cc1ccc(-n2ncc(-c3nc(-c4ccc(C(O)CN5CCCC(CC(=O)O)C5)cc4)no3)c2C(F)(F)F)nc1. The van der Waals surface area contributed by atoms with E-state index in [4.69, 9.17) is 9.63 Å². The van der Waals surface area contributed by atoms with Gasteiger partial charge in [-0.1, -0.05) is 35.5 Å². The van der Waals surface area contributed by atoms with Crippen LogP contribution in [0.25, 0.3) is 28.7 Å². The van der Waals surface area contributed by atoms with Gasteiger partial charge in [-0.2, -0.15) is 23.3 Å². The number of carbonyl (C=O) groups is 1. The number of aliphatic carboxylic acids is 1. The number of hydrogen-bond donors (Lipinski definition) is 2. The predicted octanol–water partition coefficient (Wildman–Crippen LogP) is 4.53. The topological polar surface area (TPSA) is 130 Å². The lowest BCUT2D eigenvalue weighted by Gasteiger charge is -2.33. The third-order valence-electron chi connectivity index (χ3n) is 6.86. The highest BCUT2D eigenvalue weighted by atomic mass is 19.4. The molecule has 1 saturated heterocycles. The van der Waals surface area contributed by atoms with E-state index in [0.717, 1.165) is 31.1 Å². The zero-order valence-electron chi connectivity index (χ0n) is 21.5. The number of carboxylic acid groups (broad SMARTS) is 1. The summed E-state index contributed by atoms with van der Waals surface area (Å²) in [6, 6.07) is 9.77. The van der Waals surface area contributed by atoms with Crippen molar-refractivity contribution in [3.8, 4) is 28.7 Å². The van der Waals surface area contributed by atoms with Crippen molar-refractivity contribution in [2.24, 2.45) is 5.92 Å². The molecule has 0 saturated carbocycles. The largest absolute Gasteiger partial charge is 0.481 e. The highest BCUT2D eigenvalue weighted by Gasteiger charge is 2.41. The average Bonchev–Trinajstić information content (AvgIpc) is 3.57. The Morgan fingerprint density at radius 3 is 2.62 bits per heavy atom. The Morgan fingerprint density at radius 1 is 1.18 bits per heavy atom. The Balaban J connectivity index is 1.32. The zero-order chi connectivity index (χ0) is 28.4. The first kappa shape index (κ1) is 27.5. The number of alkyl halides is 3. The van der Waals surface area contributed by atoms with Gasteiger partial charge in [-0.25, -0.2) is 9.67 Å². The van der Waals surface area contributed by atoms with Crippen LogP contribution in [-0.4, -0.2) is 65.6 Å². The number of aryl methyl sites for hydroxylation is 1. The number of carboxylic acids is 1. The summed E-state index contributed by atoms with van der Waals surface area (Å²) in [7, 11) is 0. The number of benzene rings is 1. The van der Waals surface area contributed by atoms with Crippen LogP contribution in [0.1, 0.15) is 42.2 Å². The number of nitrogens with zero attached hydrogens (tertiary/aromatic N) is 6. The molecule has 0 aliphatic carbocycles. The monoisotopic (exact) mass is 556 g/mol. The van der Waals surface area contributed by atoms with Gasteiger partial charge in [-0.3, -0.25) is 4.79 Å². The van der Waals surface area contributed by atoms with Crippen LogP contribution >= 0.6 is 0 Å². The van der Waals surface area contributed by atoms with E-state index < -0.39 is 23.9 Å². The predicted molar refractivity (Wildman–Crippen MR) is 136 cm³/mol. The second-order valence-corrected chi connectivity index (χ2v) is 9.94. The molecule has 5 rings (SSSR count). The van der Waals surface area contributed by atoms with Gasteiger partial charge in [0.15, 0.2) is 11.5 Å². The first-order valence-electron chi connectivity index (χ1n) is 12.7. The van der Waals surface area contributed by atoms with Gasteiger partial charge in [0, 0.05) is 31.3 Å². The number of pyridine rings is 1. The van der Waals surface area contributed by atoms with Gasteiger partial charge < -0.3 is 19.6 Å². The second kappa shape index (κ2) is 11.2. The fraction of sp³-hybridized carbons (Fsp3) is 0.370. The summed E-state index contributed by atoms with van der Waals surface area (Å²) < 4.78 is 48.1. The lowest BCUT2D eigenvalue weighted by Crippen LogP contribution is -2.38. The highest BCUT2D eigenvalue weighted by Crippen LogP contribution is 2.38. The van der Waals surface area contributed by atoms with Crippen LogP contribution in [0.15, 0.2) is 53.3 Å². The number of β-amino-alcohol motifs (C(OH)–C–C–N with tert-alkyl or cyclic N) is 1. The van der Waals surface area contributed by atoms with Gasteiger partial charge in [0.25, 0.3) is 5.89 Å². The smallest absolute Gasteiger partial charge is 0.434 e. The number of likely N-dealkylation sites (tertiary alicyclic amines) is 1. The molecule has 0 bridgehead atoms. The van der Waals surface area contributed by atoms with Crippen LogP contribution in [0.3, 0.4) is 0 Å². The Bertz CT molecular complexity index is 1470. The van der Waals surface area contributed by atoms with Crippen LogP contribution in [-0.2, 0) is 11.0 Å². The van der Waals surface area contributed by atoms with Crippen LogP contribution in [0.2, 0.25) is 0 Å². The maximum absolute atomic E-state index is 14.1. The van der Waals surface area contributed by atoms with Crippen molar-refractivity contribution in [2.75, 3.05) is 19.6 Å². The molecule has 210 valence electrons. The maximum Gasteiger partial charge on any atom is 0.434 e. The fourth-order valence-electron chi connectivity index (χ4n) is 4.92. The Morgan fingerprint density at radius 2 is 1.95 bits per heavy atom. The van der Waals surface area contributed by atoms with Gasteiger partial charge >= 0.3 is 12.1 Å². The van der Waals surface area contributed by atoms with Gasteiger partial charge in [0.1, 0.15) is 0 Å². The standard InChI is InChI=1S/C27H27F3N6O4/c1-16-4-9-22(31-12-16)36-24(27(28,29)30)20(13-32-36)26-33-25(34-40-26)19-7-5-18(6-8-19)21(37)15-35-10-2-3-17(14-35)11-23(38)39/h4-9,12-13,17,21,37H,2-3,10-11,14-15H2,1H3,(H,38,39). The summed E-state index contributed by atoms with van der Waals surface area (Å²) in [5.74, 6) is -1.02. The number of rotatable bonds is 8. The molecule has 10 nitrogen and oxygen atoms in total. The van der Waals surface area contributed by atoms with Crippen LogP contribution in [0, 0.1) is 12.8 Å². The molecule has 2 unspecified atom stereocenters.